The van der Waals surface area contributed by atoms with E-state index in [1.54, 1.807) is 18.2 Å². The van der Waals surface area contributed by atoms with Crippen molar-refractivity contribution < 1.29 is 5.11 Å². The molecule has 0 amide bonds. The number of anilines is 1. The molecule has 0 fully saturated rings. The number of hydrogen-bond acceptors (Lipinski definition) is 4. The van der Waals surface area contributed by atoms with E-state index in [1.807, 2.05) is 36.4 Å². The maximum atomic E-state index is 13.3. The lowest BCUT2D eigenvalue weighted by atomic mass is 10.0. The average molecular weight is 551 g/mol. The van der Waals surface area contributed by atoms with Crippen LogP contribution in [-0.2, 0) is 0 Å². The second-order valence-electron chi connectivity index (χ2n) is 10.5. The van der Waals surface area contributed by atoms with Gasteiger partial charge in [-0.25, -0.2) is 9.66 Å². The van der Waals surface area contributed by atoms with Crippen LogP contribution in [0, 0.1) is 0 Å². The van der Waals surface area contributed by atoms with Crippen LogP contribution in [0.25, 0.3) is 10.9 Å². The van der Waals surface area contributed by atoms with Gasteiger partial charge in [0.15, 0.2) is 10.9 Å². The van der Waals surface area contributed by atoms with Crippen molar-refractivity contribution >= 4 is 33.9 Å². The van der Waals surface area contributed by atoms with Gasteiger partial charge in [-0.05, 0) is 42.9 Å². The van der Waals surface area contributed by atoms with Crippen LogP contribution in [0.1, 0.15) is 115 Å². The number of aliphatic hydroxyl groups is 1. The summed E-state index contributed by atoms with van der Waals surface area (Å²) in [6.45, 7) is 2.27. The third-order valence-corrected chi connectivity index (χ3v) is 7.37. The van der Waals surface area contributed by atoms with Crippen molar-refractivity contribution in [1.29, 1.82) is 0 Å². The molecule has 0 spiro atoms. The van der Waals surface area contributed by atoms with Crippen molar-refractivity contribution in [2.45, 2.75) is 109 Å². The normalized spacial score (nSPS) is 11.9. The van der Waals surface area contributed by atoms with Gasteiger partial charge in [-0.2, -0.15) is 0 Å². The number of aromatic nitrogens is 2. The Balaban J connectivity index is 1.45. The summed E-state index contributed by atoms with van der Waals surface area (Å²) < 4.78 is 1.29. The fourth-order valence-electron chi connectivity index (χ4n) is 4.92. The fraction of sp³-hybridized carbons (Fsp3) is 0.531. The Morgan fingerprint density at radius 2 is 1.36 bits per heavy atom. The fourth-order valence-corrected chi connectivity index (χ4v) is 5.13. The highest BCUT2D eigenvalue weighted by Gasteiger charge is 2.19. The molecule has 3 aromatic rings. The van der Waals surface area contributed by atoms with Crippen LogP contribution in [0.4, 0.5) is 5.69 Å². The summed E-state index contributed by atoms with van der Waals surface area (Å²) in [6.07, 6.45) is 17.7. The van der Waals surface area contributed by atoms with Crippen molar-refractivity contribution in [2.75, 3.05) is 10.7 Å². The second kappa shape index (κ2) is 17.7. The Bertz CT molecular complexity index is 1180. The number of thiocarbonyl (C=S) groups is 1. The molecule has 1 aromatic heterocycles. The molecule has 6 nitrogen and oxygen atoms in total. The van der Waals surface area contributed by atoms with Crippen LogP contribution in [0.5, 0.6) is 0 Å². The summed E-state index contributed by atoms with van der Waals surface area (Å²) in [4.78, 5) is 17.9. The summed E-state index contributed by atoms with van der Waals surface area (Å²) >= 11 is 5.46. The van der Waals surface area contributed by atoms with E-state index in [0.29, 0.717) is 17.3 Å². The van der Waals surface area contributed by atoms with Gasteiger partial charge in [-0.3, -0.25) is 10.2 Å². The first-order valence-electron chi connectivity index (χ1n) is 14.9. The van der Waals surface area contributed by atoms with Gasteiger partial charge in [-0.1, -0.05) is 127 Å². The van der Waals surface area contributed by atoms with E-state index in [2.05, 4.69) is 22.7 Å². The molecule has 7 heteroatoms. The van der Waals surface area contributed by atoms with Crippen LogP contribution in [-0.4, -0.2) is 19.9 Å². The standard InChI is InChI=1S/C32H46N4O2S/c1-2-3-4-5-6-7-8-9-10-11-12-13-14-18-25-29(37)30-34-28-24-20-19-23-27(28)31(38)36(30)35-32(39)33-26-21-16-15-17-22-26/h15-17,19-24,29,37H,2-14,18,25H2,1H3,(H2,33,35,39). The minimum Gasteiger partial charge on any atom is -0.385 e. The number of para-hydroxylation sites is 2. The Morgan fingerprint density at radius 1 is 0.821 bits per heavy atom. The molecular weight excluding hydrogens is 504 g/mol. The third-order valence-electron chi connectivity index (χ3n) is 7.18. The topological polar surface area (TPSA) is 79.2 Å². The maximum absolute atomic E-state index is 13.3. The molecule has 0 saturated heterocycles. The molecule has 39 heavy (non-hydrogen) atoms. The molecule has 0 aliphatic carbocycles. The Morgan fingerprint density at radius 3 is 1.97 bits per heavy atom. The van der Waals surface area contributed by atoms with Gasteiger partial charge in [0, 0.05) is 5.69 Å². The molecule has 0 bridgehead atoms. The minimum atomic E-state index is -0.869. The predicted molar refractivity (Wildman–Crippen MR) is 168 cm³/mol. The average Bonchev–Trinajstić information content (AvgIpc) is 2.95. The highest BCUT2D eigenvalue weighted by Crippen LogP contribution is 2.20. The molecule has 0 aliphatic heterocycles. The highest BCUT2D eigenvalue weighted by molar-refractivity contribution is 7.80. The predicted octanol–water partition coefficient (Wildman–Crippen LogP) is 8.24. The SMILES string of the molecule is CCCCCCCCCCCCCCCCC(O)c1nc2ccccc2c(=O)n1NC(=S)Nc1ccccc1. The maximum Gasteiger partial charge on any atom is 0.280 e. The first-order chi connectivity index (χ1) is 19.1. The van der Waals surface area contributed by atoms with E-state index in [-0.39, 0.29) is 16.5 Å². The number of unbranched alkanes of at least 4 members (excludes halogenated alkanes) is 13. The largest absolute Gasteiger partial charge is 0.385 e. The Labute approximate surface area is 239 Å². The van der Waals surface area contributed by atoms with Gasteiger partial charge in [0.25, 0.3) is 5.56 Å². The smallest absolute Gasteiger partial charge is 0.280 e. The van der Waals surface area contributed by atoms with Gasteiger partial charge in [0.2, 0.25) is 0 Å². The van der Waals surface area contributed by atoms with Gasteiger partial charge in [-0.15, -0.1) is 0 Å². The second-order valence-corrected chi connectivity index (χ2v) is 10.9. The minimum absolute atomic E-state index is 0.255. The lowest BCUT2D eigenvalue weighted by Crippen LogP contribution is -2.39. The molecule has 3 N–H and O–H groups in total. The van der Waals surface area contributed by atoms with E-state index in [4.69, 9.17) is 12.2 Å². The number of benzene rings is 2. The zero-order chi connectivity index (χ0) is 27.7. The third kappa shape index (κ3) is 10.7. The molecule has 212 valence electrons. The van der Waals surface area contributed by atoms with Crippen LogP contribution in [0.3, 0.4) is 0 Å². The molecule has 2 aromatic carbocycles. The zero-order valence-electron chi connectivity index (χ0n) is 23.5. The molecule has 0 radical (unpaired) electrons. The number of hydrogen-bond donors (Lipinski definition) is 3. The van der Waals surface area contributed by atoms with Gasteiger partial charge >= 0.3 is 0 Å². The first-order valence-corrected chi connectivity index (χ1v) is 15.3. The van der Waals surface area contributed by atoms with Crippen molar-refractivity contribution in [3.8, 4) is 0 Å². The zero-order valence-corrected chi connectivity index (χ0v) is 24.4. The van der Waals surface area contributed by atoms with Crippen molar-refractivity contribution in [1.82, 2.24) is 9.66 Å². The summed E-state index contributed by atoms with van der Waals surface area (Å²) in [6, 6.07) is 16.7. The van der Waals surface area contributed by atoms with Gasteiger partial charge in [0.05, 0.1) is 10.9 Å². The summed E-state index contributed by atoms with van der Waals surface area (Å²) in [5.74, 6) is 0.283. The summed E-state index contributed by atoms with van der Waals surface area (Å²) in [5, 5.41) is 14.9. The number of nitrogens with one attached hydrogen (secondary N) is 2. The molecule has 0 aliphatic rings. The van der Waals surface area contributed by atoms with E-state index >= 15 is 0 Å². The molecular formula is C32H46N4O2S. The summed E-state index contributed by atoms with van der Waals surface area (Å²) in [7, 11) is 0. The highest BCUT2D eigenvalue weighted by atomic mass is 32.1. The number of aliphatic hydroxyl groups excluding tert-OH is 1. The molecule has 0 saturated carbocycles. The van der Waals surface area contributed by atoms with Crippen LogP contribution in [0.2, 0.25) is 0 Å². The Kier molecular flexibility index (Phi) is 14.0. The van der Waals surface area contributed by atoms with Crippen molar-refractivity contribution in [2.24, 2.45) is 0 Å². The lowest BCUT2D eigenvalue weighted by Gasteiger charge is -2.19. The molecule has 1 unspecified atom stereocenters. The lowest BCUT2D eigenvalue weighted by molar-refractivity contribution is 0.150. The molecule has 1 heterocycles. The van der Waals surface area contributed by atoms with Crippen LogP contribution in [0.15, 0.2) is 59.4 Å². The van der Waals surface area contributed by atoms with E-state index in [1.165, 1.54) is 81.7 Å². The summed E-state index contributed by atoms with van der Waals surface area (Å²) in [5.41, 5.74) is 4.04. The first kappa shape index (κ1) is 30.8. The number of rotatable bonds is 18. The molecule has 3 rings (SSSR count). The monoisotopic (exact) mass is 550 g/mol. The van der Waals surface area contributed by atoms with E-state index < -0.39 is 6.10 Å². The van der Waals surface area contributed by atoms with Gasteiger partial charge in [0.1, 0.15) is 6.10 Å². The van der Waals surface area contributed by atoms with E-state index in [0.717, 1.165) is 18.5 Å². The molecule has 1 atom stereocenters. The van der Waals surface area contributed by atoms with Crippen molar-refractivity contribution in [3.05, 3.63) is 70.8 Å². The van der Waals surface area contributed by atoms with E-state index in [9.17, 15) is 9.90 Å². The van der Waals surface area contributed by atoms with Crippen LogP contribution < -0.4 is 16.3 Å². The van der Waals surface area contributed by atoms with Gasteiger partial charge < -0.3 is 10.4 Å². The number of nitrogens with zero attached hydrogens (tertiary/aromatic N) is 2. The van der Waals surface area contributed by atoms with Crippen molar-refractivity contribution in [3.63, 3.8) is 0 Å². The quantitative estimate of drug-likeness (QED) is 0.109. The Hall–Kier alpha value is -2.77. The van der Waals surface area contributed by atoms with Crippen LogP contribution >= 0.6 is 12.2 Å². The number of fused-ring (bicyclic) bond motifs is 1.